The highest BCUT2D eigenvalue weighted by Gasteiger charge is 2.27. The molecule has 184 valence electrons. The van der Waals surface area contributed by atoms with Crippen molar-refractivity contribution in [2.75, 3.05) is 38.2 Å². The summed E-state index contributed by atoms with van der Waals surface area (Å²) in [6, 6.07) is 22.4. The molecule has 1 aliphatic heterocycles. The van der Waals surface area contributed by atoms with Gasteiger partial charge in [-0.25, -0.2) is 8.42 Å². The largest absolute Gasteiger partial charge is 0.492 e. The Morgan fingerprint density at radius 1 is 0.971 bits per heavy atom. The van der Waals surface area contributed by atoms with Gasteiger partial charge in [-0.1, -0.05) is 42.5 Å². The average Bonchev–Trinajstić information content (AvgIpc) is 2.90. The molecule has 1 atom stereocenters. The minimum absolute atomic E-state index is 0.165. The van der Waals surface area contributed by atoms with E-state index in [-0.39, 0.29) is 10.8 Å². The summed E-state index contributed by atoms with van der Waals surface area (Å²) in [6.45, 7) is 3.73. The van der Waals surface area contributed by atoms with E-state index in [4.69, 9.17) is 14.2 Å². The van der Waals surface area contributed by atoms with Crippen LogP contribution in [0.25, 0.3) is 0 Å². The first-order chi connectivity index (χ1) is 17.0. The molecule has 35 heavy (non-hydrogen) atoms. The van der Waals surface area contributed by atoms with Gasteiger partial charge >= 0.3 is 0 Å². The quantitative estimate of drug-likeness (QED) is 0.483. The molecule has 0 aliphatic carbocycles. The zero-order valence-corrected chi connectivity index (χ0v) is 20.2. The lowest BCUT2D eigenvalue weighted by Crippen LogP contribution is -2.40. The Hall–Kier alpha value is -3.40. The molecule has 1 aliphatic rings. The Balaban J connectivity index is 1.55. The van der Waals surface area contributed by atoms with Gasteiger partial charge in [-0.3, -0.25) is 4.79 Å². The van der Waals surface area contributed by atoms with E-state index in [0.717, 1.165) is 0 Å². The SMILES string of the molecule is CCOc1ccccc1NC(=O)C(Oc1ccc(S(=O)(=O)N2CCOCC2)cc1)c1ccccc1. The van der Waals surface area contributed by atoms with Gasteiger partial charge in [0, 0.05) is 18.7 Å². The summed E-state index contributed by atoms with van der Waals surface area (Å²) in [5.74, 6) is 0.550. The third-order valence-corrected chi connectivity index (χ3v) is 7.38. The maximum absolute atomic E-state index is 13.3. The van der Waals surface area contributed by atoms with Crippen LogP contribution in [0.1, 0.15) is 18.6 Å². The van der Waals surface area contributed by atoms with Crippen molar-refractivity contribution >= 4 is 21.6 Å². The van der Waals surface area contributed by atoms with Gasteiger partial charge in [0.1, 0.15) is 11.5 Å². The van der Waals surface area contributed by atoms with Gasteiger partial charge in [-0.15, -0.1) is 0 Å². The molecule has 1 heterocycles. The van der Waals surface area contributed by atoms with Gasteiger partial charge < -0.3 is 19.5 Å². The third kappa shape index (κ3) is 6.00. The molecule has 1 N–H and O–H groups in total. The molecule has 1 saturated heterocycles. The average molecular weight is 497 g/mol. The van der Waals surface area contributed by atoms with Gasteiger partial charge in [0.2, 0.25) is 16.1 Å². The van der Waals surface area contributed by atoms with Gasteiger partial charge in [0.05, 0.1) is 30.4 Å². The molecule has 0 saturated carbocycles. The lowest BCUT2D eigenvalue weighted by molar-refractivity contribution is -0.123. The number of carbonyl (C=O) groups excluding carboxylic acids is 1. The number of carbonyl (C=O) groups is 1. The Kier molecular flexibility index (Phi) is 8.02. The van der Waals surface area contributed by atoms with Crippen LogP contribution in [0.4, 0.5) is 5.69 Å². The molecule has 1 amide bonds. The van der Waals surface area contributed by atoms with Gasteiger partial charge in [-0.05, 0) is 43.3 Å². The molecule has 0 spiro atoms. The minimum atomic E-state index is -3.62. The fourth-order valence-corrected chi connectivity index (χ4v) is 5.12. The molecule has 0 aromatic heterocycles. The molecular weight excluding hydrogens is 468 g/mol. The smallest absolute Gasteiger partial charge is 0.270 e. The molecule has 0 bridgehead atoms. The van der Waals surface area contributed by atoms with Crippen molar-refractivity contribution in [3.63, 3.8) is 0 Å². The predicted molar refractivity (Wildman–Crippen MR) is 132 cm³/mol. The second kappa shape index (κ2) is 11.4. The number of rotatable bonds is 9. The number of morpholine rings is 1. The third-order valence-electron chi connectivity index (χ3n) is 5.47. The molecule has 1 unspecified atom stereocenters. The number of anilines is 1. The van der Waals surface area contributed by atoms with Crippen LogP contribution in [-0.4, -0.2) is 51.5 Å². The number of nitrogens with zero attached hydrogens (tertiary/aromatic N) is 1. The highest BCUT2D eigenvalue weighted by molar-refractivity contribution is 7.89. The summed E-state index contributed by atoms with van der Waals surface area (Å²) in [4.78, 5) is 13.5. The standard InChI is InChI=1S/C26H28N2O6S/c1-2-33-24-11-7-6-10-23(24)27-26(29)25(20-8-4-3-5-9-20)34-21-12-14-22(15-13-21)35(30,31)28-16-18-32-19-17-28/h3-15,25H,2,16-19H2,1H3,(H,27,29). The van der Waals surface area contributed by atoms with Crippen molar-refractivity contribution in [2.45, 2.75) is 17.9 Å². The van der Waals surface area contributed by atoms with Crippen LogP contribution in [0.15, 0.2) is 83.8 Å². The number of ether oxygens (including phenoxy) is 3. The van der Waals surface area contributed by atoms with E-state index in [1.165, 1.54) is 16.4 Å². The zero-order chi connectivity index (χ0) is 24.7. The summed E-state index contributed by atoms with van der Waals surface area (Å²) in [5.41, 5.74) is 1.19. The topological polar surface area (TPSA) is 94.2 Å². The second-order valence-corrected chi connectivity index (χ2v) is 9.75. The molecule has 3 aromatic rings. The van der Waals surface area contributed by atoms with Crippen molar-refractivity contribution in [3.05, 3.63) is 84.4 Å². The monoisotopic (exact) mass is 496 g/mol. The van der Waals surface area contributed by atoms with Crippen molar-refractivity contribution in [3.8, 4) is 11.5 Å². The number of hydrogen-bond acceptors (Lipinski definition) is 6. The van der Waals surface area contributed by atoms with Crippen molar-refractivity contribution in [2.24, 2.45) is 0 Å². The van der Waals surface area contributed by atoms with Crippen molar-refractivity contribution in [1.29, 1.82) is 0 Å². The van der Waals surface area contributed by atoms with Crippen LogP contribution in [-0.2, 0) is 19.6 Å². The summed E-state index contributed by atoms with van der Waals surface area (Å²) in [5, 5.41) is 2.89. The van der Waals surface area contributed by atoms with Gasteiger partial charge in [-0.2, -0.15) is 4.31 Å². The number of amides is 1. The van der Waals surface area contributed by atoms with Crippen molar-refractivity contribution < 1.29 is 27.4 Å². The minimum Gasteiger partial charge on any atom is -0.492 e. The van der Waals surface area contributed by atoms with E-state index < -0.39 is 16.1 Å². The maximum Gasteiger partial charge on any atom is 0.270 e. The van der Waals surface area contributed by atoms with Crippen LogP contribution in [0.5, 0.6) is 11.5 Å². The molecular formula is C26H28N2O6S. The van der Waals surface area contributed by atoms with E-state index in [1.54, 1.807) is 36.4 Å². The van der Waals surface area contributed by atoms with Gasteiger partial charge in [0.15, 0.2) is 0 Å². The number of benzene rings is 3. The Labute approximate surface area is 205 Å². The van der Waals surface area contributed by atoms with E-state index in [0.29, 0.717) is 55.7 Å². The van der Waals surface area contributed by atoms with E-state index in [1.807, 2.05) is 37.3 Å². The maximum atomic E-state index is 13.3. The molecule has 8 nitrogen and oxygen atoms in total. The number of sulfonamides is 1. The number of hydrogen-bond donors (Lipinski definition) is 1. The van der Waals surface area contributed by atoms with E-state index in [2.05, 4.69) is 5.32 Å². The van der Waals surface area contributed by atoms with E-state index >= 15 is 0 Å². The summed E-state index contributed by atoms with van der Waals surface area (Å²) in [6.07, 6.45) is -0.965. The highest BCUT2D eigenvalue weighted by Crippen LogP contribution is 2.29. The first-order valence-corrected chi connectivity index (χ1v) is 12.9. The van der Waals surface area contributed by atoms with Crippen LogP contribution in [0.2, 0.25) is 0 Å². The first-order valence-electron chi connectivity index (χ1n) is 11.4. The summed E-state index contributed by atoms with van der Waals surface area (Å²) >= 11 is 0. The van der Waals surface area contributed by atoms with E-state index in [9.17, 15) is 13.2 Å². The van der Waals surface area contributed by atoms with Gasteiger partial charge in [0.25, 0.3) is 5.91 Å². The van der Waals surface area contributed by atoms with Crippen LogP contribution < -0.4 is 14.8 Å². The molecule has 3 aromatic carbocycles. The highest BCUT2D eigenvalue weighted by atomic mass is 32.2. The number of nitrogens with one attached hydrogen (secondary N) is 1. The van der Waals surface area contributed by atoms with Crippen LogP contribution >= 0.6 is 0 Å². The first kappa shape index (κ1) is 24.7. The Bertz CT molecular complexity index is 1230. The van der Waals surface area contributed by atoms with Crippen LogP contribution in [0, 0.1) is 0 Å². The molecule has 9 heteroatoms. The normalized spacial score (nSPS) is 15.2. The molecule has 0 radical (unpaired) electrons. The lowest BCUT2D eigenvalue weighted by Gasteiger charge is -2.26. The van der Waals surface area contributed by atoms with Crippen LogP contribution in [0.3, 0.4) is 0 Å². The molecule has 1 fully saturated rings. The fraction of sp³-hybridized carbons (Fsp3) is 0.269. The fourth-order valence-electron chi connectivity index (χ4n) is 3.71. The zero-order valence-electron chi connectivity index (χ0n) is 19.4. The Morgan fingerprint density at radius 3 is 2.31 bits per heavy atom. The Morgan fingerprint density at radius 2 is 1.63 bits per heavy atom. The number of para-hydroxylation sites is 2. The molecule has 4 rings (SSSR count). The lowest BCUT2D eigenvalue weighted by atomic mass is 10.1. The van der Waals surface area contributed by atoms with Crippen molar-refractivity contribution in [1.82, 2.24) is 4.31 Å². The summed E-state index contributed by atoms with van der Waals surface area (Å²) in [7, 11) is -3.62. The predicted octanol–water partition coefficient (Wildman–Crippen LogP) is 3.87. The summed E-state index contributed by atoms with van der Waals surface area (Å²) < 4.78 is 44.1. The second-order valence-electron chi connectivity index (χ2n) is 7.81.